The lowest BCUT2D eigenvalue weighted by molar-refractivity contribution is -0.394. The van der Waals surface area contributed by atoms with E-state index in [1.807, 2.05) is 0 Å². The first-order valence-corrected chi connectivity index (χ1v) is 10.6. The quantitative estimate of drug-likeness (QED) is 0.381. The van der Waals surface area contributed by atoms with Gasteiger partial charge in [-0.1, -0.05) is 25.0 Å². The molecule has 1 saturated heterocycles. The minimum Gasteiger partial charge on any atom is -0.339 e. The first-order valence-electron chi connectivity index (χ1n) is 10.2. The normalized spacial score (nSPS) is 13.5. The number of carbonyl (C=O) groups excluding carboxylic acids is 2. The van der Waals surface area contributed by atoms with E-state index in [9.17, 15) is 29.8 Å². The van der Waals surface area contributed by atoms with Crippen LogP contribution in [0.2, 0.25) is 0 Å². The van der Waals surface area contributed by atoms with Crippen molar-refractivity contribution < 1.29 is 19.4 Å². The molecule has 172 valence electrons. The lowest BCUT2D eigenvalue weighted by atomic mass is 10.1. The SMILES string of the molecule is O=C(NC(=S)Nc1ccccc1C(=O)N1CCCCCC1)c1cc([N+](=O)[O-])cc([N+](=O)[O-])c1. The second-order valence-electron chi connectivity index (χ2n) is 7.41. The first-order chi connectivity index (χ1) is 15.8. The lowest BCUT2D eigenvalue weighted by Gasteiger charge is -2.22. The second-order valence-corrected chi connectivity index (χ2v) is 7.82. The van der Waals surface area contributed by atoms with Crippen molar-refractivity contribution in [2.45, 2.75) is 25.7 Å². The maximum Gasteiger partial charge on any atom is 0.277 e. The van der Waals surface area contributed by atoms with E-state index in [0.29, 0.717) is 24.3 Å². The molecule has 0 aliphatic carbocycles. The van der Waals surface area contributed by atoms with Crippen LogP contribution in [0.5, 0.6) is 0 Å². The Bertz CT molecular complexity index is 1080. The van der Waals surface area contributed by atoms with Gasteiger partial charge in [0.2, 0.25) is 0 Å². The molecular formula is C21H21N5O6S. The van der Waals surface area contributed by atoms with Crippen LogP contribution >= 0.6 is 12.2 Å². The average molecular weight is 471 g/mol. The molecular weight excluding hydrogens is 450 g/mol. The van der Waals surface area contributed by atoms with Crippen molar-refractivity contribution in [2.75, 3.05) is 18.4 Å². The van der Waals surface area contributed by atoms with E-state index in [1.54, 1.807) is 29.2 Å². The van der Waals surface area contributed by atoms with E-state index < -0.39 is 27.1 Å². The Labute approximate surface area is 194 Å². The number of non-ortho nitro benzene ring substituents is 2. The topological polar surface area (TPSA) is 148 Å². The highest BCUT2D eigenvalue weighted by molar-refractivity contribution is 7.80. The molecule has 1 heterocycles. The zero-order valence-corrected chi connectivity index (χ0v) is 18.3. The number of nitrogens with one attached hydrogen (secondary N) is 2. The zero-order chi connectivity index (χ0) is 24.0. The third kappa shape index (κ3) is 6.07. The summed E-state index contributed by atoms with van der Waals surface area (Å²) in [6, 6.07) is 9.32. The molecule has 0 bridgehead atoms. The Kier molecular flexibility index (Phi) is 7.61. The monoisotopic (exact) mass is 471 g/mol. The van der Waals surface area contributed by atoms with Gasteiger partial charge in [-0.3, -0.25) is 35.1 Å². The van der Waals surface area contributed by atoms with Crippen molar-refractivity contribution in [1.29, 1.82) is 0 Å². The maximum absolute atomic E-state index is 13.0. The molecule has 1 fully saturated rings. The summed E-state index contributed by atoms with van der Waals surface area (Å²) in [6.45, 7) is 1.33. The predicted octanol–water partition coefficient (Wildman–Crippen LogP) is 3.65. The molecule has 33 heavy (non-hydrogen) atoms. The summed E-state index contributed by atoms with van der Waals surface area (Å²) in [5, 5.41) is 27.1. The fourth-order valence-corrected chi connectivity index (χ4v) is 3.69. The number of rotatable bonds is 5. The summed E-state index contributed by atoms with van der Waals surface area (Å²) in [4.78, 5) is 47.8. The molecule has 0 unspecified atom stereocenters. The van der Waals surface area contributed by atoms with Gasteiger partial charge in [0, 0.05) is 25.2 Å². The summed E-state index contributed by atoms with van der Waals surface area (Å²) in [5.41, 5.74) is -0.707. The molecule has 3 rings (SSSR count). The van der Waals surface area contributed by atoms with Gasteiger partial charge in [-0.25, -0.2) is 0 Å². The van der Waals surface area contributed by atoms with Gasteiger partial charge in [-0.05, 0) is 37.2 Å². The average Bonchev–Trinajstić information content (AvgIpc) is 3.08. The number of hydrogen-bond donors (Lipinski definition) is 2. The molecule has 11 nitrogen and oxygen atoms in total. The van der Waals surface area contributed by atoms with Crippen molar-refractivity contribution in [3.05, 3.63) is 73.8 Å². The lowest BCUT2D eigenvalue weighted by Crippen LogP contribution is -2.36. The fraction of sp³-hybridized carbons (Fsp3) is 0.286. The fourth-order valence-electron chi connectivity index (χ4n) is 3.49. The number of likely N-dealkylation sites (tertiary alicyclic amines) is 1. The molecule has 2 aromatic rings. The van der Waals surface area contributed by atoms with Crippen LogP contribution in [0.4, 0.5) is 17.1 Å². The number of hydrogen-bond acceptors (Lipinski definition) is 7. The van der Waals surface area contributed by atoms with Crippen molar-refractivity contribution in [1.82, 2.24) is 10.2 Å². The van der Waals surface area contributed by atoms with Gasteiger partial charge in [0.15, 0.2) is 5.11 Å². The van der Waals surface area contributed by atoms with E-state index in [1.165, 1.54) is 0 Å². The van der Waals surface area contributed by atoms with Gasteiger partial charge in [-0.2, -0.15) is 0 Å². The number of carbonyl (C=O) groups is 2. The van der Waals surface area contributed by atoms with Crippen LogP contribution in [0.15, 0.2) is 42.5 Å². The summed E-state index contributed by atoms with van der Waals surface area (Å²) >= 11 is 5.17. The van der Waals surface area contributed by atoms with Gasteiger partial charge < -0.3 is 10.2 Å². The number of benzene rings is 2. The summed E-state index contributed by atoms with van der Waals surface area (Å²) in [7, 11) is 0. The second kappa shape index (κ2) is 10.6. The number of anilines is 1. The van der Waals surface area contributed by atoms with Crippen molar-refractivity contribution in [3.8, 4) is 0 Å². The Morgan fingerprint density at radius 2 is 1.48 bits per heavy atom. The highest BCUT2D eigenvalue weighted by Crippen LogP contribution is 2.23. The van der Waals surface area contributed by atoms with Crippen LogP contribution in [-0.4, -0.2) is 44.8 Å². The van der Waals surface area contributed by atoms with Crippen LogP contribution in [0, 0.1) is 20.2 Å². The third-order valence-electron chi connectivity index (χ3n) is 5.11. The Balaban J connectivity index is 1.75. The number of amides is 2. The molecule has 0 atom stereocenters. The van der Waals surface area contributed by atoms with E-state index in [4.69, 9.17) is 12.2 Å². The van der Waals surface area contributed by atoms with E-state index in [2.05, 4.69) is 10.6 Å². The number of para-hydroxylation sites is 1. The smallest absolute Gasteiger partial charge is 0.277 e. The Morgan fingerprint density at radius 1 is 0.909 bits per heavy atom. The largest absolute Gasteiger partial charge is 0.339 e. The molecule has 2 aromatic carbocycles. The minimum atomic E-state index is -0.865. The van der Waals surface area contributed by atoms with Crippen LogP contribution in [0.3, 0.4) is 0 Å². The Hall–Kier alpha value is -3.93. The minimum absolute atomic E-state index is 0.150. The molecule has 2 N–H and O–H groups in total. The van der Waals surface area contributed by atoms with Crippen LogP contribution in [0.25, 0.3) is 0 Å². The number of nitro groups is 2. The molecule has 0 saturated carbocycles. The highest BCUT2D eigenvalue weighted by atomic mass is 32.1. The van der Waals surface area contributed by atoms with E-state index in [0.717, 1.165) is 43.9 Å². The molecule has 0 radical (unpaired) electrons. The molecule has 2 amide bonds. The van der Waals surface area contributed by atoms with Crippen LogP contribution < -0.4 is 10.6 Å². The van der Waals surface area contributed by atoms with Crippen LogP contribution in [0.1, 0.15) is 46.4 Å². The number of nitrogens with zero attached hydrogens (tertiary/aromatic N) is 3. The van der Waals surface area contributed by atoms with Gasteiger partial charge in [0.25, 0.3) is 23.2 Å². The Morgan fingerprint density at radius 3 is 2.06 bits per heavy atom. The molecule has 0 aromatic heterocycles. The number of nitro benzene ring substituents is 2. The van der Waals surface area contributed by atoms with Gasteiger partial charge in [-0.15, -0.1) is 0 Å². The molecule has 1 aliphatic heterocycles. The summed E-state index contributed by atoms with van der Waals surface area (Å²) < 4.78 is 0. The molecule has 0 spiro atoms. The van der Waals surface area contributed by atoms with Crippen LogP contribution in [-0.2, 0) is 0 Å². The summed E-state index contributed by atoms with van der Waals surface area (Å²) in [6.07, 6.45) is 4.03. The summed E-state index contributed by atoms with van der Waals surface area (Å²) in [5.74, 6) is -1.01. The van der Waals surface area contributed by atoms with Gasteiger partial charge in [0.1, 0.15) is 0 Å². The van der Waals surface area contributed by atoms with E-state index >= 15 is 0 Å². The van der Waals surface area contributed by atoms with Crippen molar-refractivity contribution in [2.24, 2.45) is 0 Å². The molecule has 1 aliphatic rings. The first kappa shape index (κ1) is 23.7. The zero-order valence-electron chi connectivity index (χ0n) is 17.5. The standard InChI is InChI=1S/C21H21N5O6S/c27-19(14-11-15(25(29)30)13-16(12-14)26(31)32)23-21(33)22-18-8-4-3-7-17(18)20(28)24-9-5-1-2-6-10-24/h3-4,7-8,11-13H,1-2,5-6,9-10H2,(H2,22,23,27,33). The van der Waals surface area contributed by atoms with Crippen molar-refractivity contribution >= 4 is 46.2 Å². The predicted molar refractivity (Wildman–Crippen MR) is 124 cm³/mol. The van der Waals surface area contributed by atoms with E-state index in [-0.39, 0.29) is 16.6 Å². The maximum atomic E-state index is 13.0. The third-order valence-corrected chi connectivity index (χ3v) is 5.32. The number of thiocarbonyl (C=S) groups is 1. The molecule has 12 heteroatoms. The van der Waals surface area contributed by atoms with Crippen molar-refractivity contribution in [3.63, 3.8) is 0 Å². The highest BCUT2D eigenvalue weighted by Gasteiger charge is 2.22. The van der Waals surface area contributed by atoms with Gasteiger partial charge in [0.05, 0.1) is 32.7 Å². The van der Waals surface area contributed by atoms with Gasteiger partial charge >= 0.3 is 0 Å².